The summed E-state index contributed by atoms with van der Waals surface area (Å²) < 4.78 is 29.1. The number of benzene rings is 4. The Labute approximate surface area is 231 Å². The van der Waals surface area contributed by atoms with Crippen LogP contribution in [0.2, 0.25) is 0 Å². The Hall–Kier alpha value is -4.34. The van der Waals surface area contributed by atoms with E-state index >= 15 is 0 Å². The van der Waals surface area contributed by atoms with Gasteiger partial charge in [-0.1, -0.05) is 65.9 Å². The van der Waals surface area contributed by atoms with Crippen LogP contribution in [0.5, 0.6) is 0 Å². The molecule has 5 rings (SSSR count). The number of hydrazone groups is 1. The number of sulfonamides is 1. The molecule has 0 atom stereocenters. The van der Waals surface area contributed by atoms with Crippen molar-refractivity contribution in [2.24, 2.45) is 5.10 Å². The zero-order valence-corrected chi connectivity index (χ0v) is 23.1. The third kappa shape index (κ3) is 5.59. The number of hydrogen-bond acceptors (Lipinski definition) is 6. The van der Waals surface area contributed by atoms with Crippen LogP contribution in [0.1, 0.15) is 28.4 Å². The average molecular weight is 555 g/mol. The van der Waals surface area contributed by atoms with Crippen molar-refractivity contribution in [1.29, 1.82) is 0 Å². The van der Waals surface area contributed by atoms with E-state index in [-0.39, 0.29) is 17.0 Å². The van der Waals surface area contributed by atoms with E-state index in [1.165, 1.54) is 44.9 Å². The molecule has 0 fully saturated rings. The lowest BCUT2D eigenvalue weighted by Crippen LogP contribution is -2.31. The summed E-state index contributed by atoms with van der Waals surface area (Å²) in [5.41, 5.74) is 3.56. The van der Waals surface area contributed by atoms with Gasteiger partial charge in [0.2, 0.25) is 5.13 Å². The summed E-state index contributed by atoms with van der Waals surface area (Å²) in [5.74, 6) is -0.419. The zero-order valence-electron chi connectivity index (χ0n) is 21.4. The molecule has 39 heavy (non-hydrogen) atoms. The van der Waals surface area contributed by atoms with Crippen molar-refractivity contribution in [3.05, 3.63) is 120 Å². The maximum absolute atomic E-state index is 13.7. The SMILES string of the molecule is CCN(c1ccccc1)S(=O)(=O)c1ccc(C(=O)N(/N=C/c2ccccc2)c2nc3ccc(C)cc3s2)cc1. The minimum Gasteiger partial charge on any atom is -0.267 e. The number of hydrogen-bond donors (Lipinski definition) is 0. The van der Waals surface area contributed by atoms with Crippen molar-refractivity contribution >= 4 is 54.5 Å². The van der Waals surface area contributed by atoms with E-state index < -0.39 is 15.9 Å². The van der Waals surface area contributed by atoms with Gasteiger partial charge in [0.1, 0.15) is 0 Å². The van der Waals surface area contributed by atoms with E-state index in [0.717, 1.165) is 21.3 Å². The molecule has 1 aromatic heterocycles. The third-order valence-corrected chi connectivity index (χ3v) is 8.96. The van der Waals surface area contributed by atoms with E-state index in [9.17, 15) is 13.2 Å². The predicted molar refractivity (Wildman–Crippen MR) is 158 cm³/mol. The van der Waals surface area contributed by atoms with Gasteiger partial charge in [0, 0.05) is 12.1 Å². The summed E-state index contributed by atoms with van der Waals surface area (Å²) in [7, 11) is -3.82. The molecule has 0 aliphatic carbocycles. The van der Waals surface area contributed by atoms with E-state index in [0.29, 0.717) is 10.8 Å². The second-order valence-electron chi connectivity index (χ2n) is 8.77. The molecule has 5 aromatic rings. The first-order chi connectivity index (χ1) is 18.9. The second kappa shape index (κ2) is 11.2. The Morgan fingerprint density at radius 3 is 2.26 bits per heavy atom. The van der Waals surface area contributed by atoms with Crippen LogP contribution in [-0.4, -0.2) is 32.1 Å². The van der Waals surface area contributed by atoms with Crippen molar-refractivity contribution < 1.29 is 13.2 Å². The zero-order chi connectivity index (χ0) is 27.4. The smallest absolute Gasteiger partial charge is 0.267 e. The Morgan fingerprint density at radius 1 is 0.923 bits per heavy atom. The monoisotopic (exact) mass is 554 g/mol. The highest BCUT2D eigenvalue weighted by Crippen LogP contribution is 2.31. The summed E-state index contributed by atoms with van der Waals surface area (Å²) in [4.78, 5) is 18.4. The van der Waals surface area contributed by atoms with Crippen LogP contribution in [0.3, 0.4) is 0 Å². The normalized spacial score (nSPS) is 11.6. The number of thiazole rings is 1. The highest BCUT2D eigenvalue weighted by molar-refractivity contribution is 7.92. The number of carbonyl (C=O) groups is 1. The van der Waals surface area contributed by atoms with Crippen LogP contribution in [0.4, 0.5) is 10.8 Å². The number of nitrogens with zero attached hydrogens (tertiary/aromatic N) is 4. The quantitative estimate of drug-likeness (QED) is 0.162. The topological polar surface area (TPSA) is 82.9 Å². The van der Waals surface area contributed by atoms with Gasteiger partial charge in [-0.2, -0.15) is 10.1 Å². The summed E-state index contributed by atoms with van der Waals surface area (Å²) in [5, 5.41) is 6.18. The van der Waals surface area contributed by atoms with Gasteiger partial charge in [0.15, 0.2) is 0 Å². The van der Waals surface area contributed by atoms with Crippen LogP contribution >= 0.6 is 11.3 Å². The fourth-order valence-electron chi connectivity index (χ4n) is 4.07. The molecule has 7 nitrogen and oxygen atoms in total. The fraction of sp³-hybridized carbons (Fsp3) is 0.100. The lowest BCUT2D eigenvalue weighted by Gasteiger charge is -2.23. The summed E-state index contributed by atoms with van der Waals surface area (Å²) >= 11 is 1.37. The molecule has 0 aliphatic rings. The molecule has 0 saturated heterocycles. The second-order valence-corrected chi connectivity index (χ2v) is 11.6. The highest BCUT2D eigenvalue weighted by Gasteiger charge is 2.25. The van der Waals surface area contributed by atoms with Crippen molar-refractivity contribution in [2.45, 2.75) is 18.7 Å². The first-order valence-corrected chi connectivity index (χ1v) is 14.6. The molecule has 0 unspecified atom stereocenters. The van der Waals surface area contributed by atoms with Gasteiger partial charge >= 0.3 is 0 Å². The molecular weight excluding hydrogens is 528 g/mol. The number of anilines is 2. The van der Waals surface area contributed by atoms with Gasteiger partial charge < -0.3 is 0 Å². The first-order valence-electron chi connectivity index (χ1n) is 12.4. The van der Waals surface area contributed by atoms with Crippen molar-refractivity contribution in [3.63, 3.8) is 0 Å². The molecule has 4 aromatic carbocycles. The third-order valence-electron chi connectivity index (χ3n) is 6.05. The van der Waals surface area contributed by atoms with Crippen molar-refractivity contribution in [2.75, 3.05) is 15.9 Å². The van der Waals surface area contributed by atoms with Gasteiger partial charge in [0.25, 0.3) is 15.9 Å². The lowest BCUT2D eigenvalue weighted by molar-refractivity contribution is 0.0987. The molecule has 0 N–H and O–H groups in total. The minimum absolute atomic E-state index is 0.0968. The van der Waals surface area contributed by atoms with Crippen LogP contribution in [0.25, 0.3) is 10.2 Å². The van der Waals surface area contributed by atoms with Crippen LogP contribution in [0.15, 0.2) is 113 Å². The largest absolute Gasteiger partial charge is 0.280 e. The van der Waals surface area contributed by atoms with E-state index in [4.69, 9.17) is 0 Å². The molecule has 0 saturated carbocycles. The van der Waals surface area contributed by atoms with Gasteiger partial charge in [-0.25, -0.2) is 13.4 Å². The number of aryl methyl sites for hydroxylation is 1. The first kappa shape index (κ1) is 26.3. The summed E-state index contributed by atoms with van der Waals surface area (Å²) in [6.45, 7) is 4.05. The molecule has 1 amide bonds. The number of aromatic nitrogens is 1. The molecular formula is C30H26N4O3S2. The standard InChI is InChI=1S/C30H26N4O3S2/c1-3-33(25-12-8-5-9-13-25)39(36,37)26-17-15-24(16-18-26)29(35)34(31-21-23-10-6-4-7-11-23)30-32-27-19-14-22(2)20-28(27)38-30/h4-21H,3H2,1-2H3/b31-21+. The molecule has 0 bridgehead atoms. The number of carbonyl (C=O) groups excluding carboxylic acids is 1. The minimum atomic E-state index is -3.82. The molecule has 0 aliphatic heterocycles. The Bertz CT molecular complexity index is 1730. The summed E-state index contributed by atoms with van der Waals surface area (Å²) in [6, 6.07) is 30.2. The highest BCUT2D eigenvalue weighted by atomic mass is 32.2. The number of fused-ring (bicyclic) bond motifs is 1. The lowest BCUT2D eigenvalue weighted by atomic mass is 10.2. The van der Waals surface area contributed by atoms with E-state index in [2.05, 4.69) is 10.1 Å². The van der Waals surface area contributed by atoms with Gasteiger partial charge in [-0.05, 0) is 73.5 Å². The van der Waals surface area contributed by atoms with Crippen LogP contribution in [-0.2, 0) is 10.0 Å². The molecule has 0 radical (unpaired) electrons. The van der Waals surface area contributed by atoms with Crippen LogP contribution < -0.4 is 9.31 Å². The molecule has 9 heteroatoms. The van der Waals surface area contributed by atoms with Gasteiger partial charge in [-0.3, -0.25) is 9.10 Å². The Morgan fingerprint density at radius 2 is 1.59 bits per heavy atom. The fourth-order valence-corrected chi connectivity index (χ4v) is 6.56. The Kier molecular flexibility index (Phi) is 7.53. The van der Waals surface area contributed by atoms with E-state index in [1.807, 2.05) is 61.5 Å². The molecule has 1 heterocycles. The van der Waals surface area contributed by atoms with Crippen molar-refractivity contribution in [3.8, 4) is 0 Å². The van der Waals surface area contributed by atoms with Gasteiger partial charge in [0.05, 0.1) is 27.0 Å². The maximum Gasteiger partial charge on any atom is 0.280 e. The van der Waals surface area contributed by atoms with Gasteiger partial charge in [-0.15, -0.1) is 0 Å². The number of amides is 1. The molecule has 0 spiro atoms. The Balaban J connectivity index is 1.49. The van der Waals surface area contributed by atoms with Crippen LogP contribution in [0, 0.1) is 6.92 Å². The number of rotatable bonds is 8. The summed E-state index contributed by atoms with van der Waals surface area (Å²) in [6.07, 6.45) is 1.60. The van der Waals surface area contributed by atoms with E-state index in [1.54, 1.807) is 37.4 Å². The predicted octanol–water partition coefficient (Wildman–Crippen LogP) is 6.50. The van der Waals surface area contributed by atoms with Crippen molar-refractivity contribution in [1.82, 2.24) is 4.98 Å². The maximum atomic E-state index is 13.7. The number of para-hydroxylation sites is 1. The molecule has 196 valence electrons. The average Bonchev–Trinajstić information content (AvgIpc) is 3.37.